The monoisotopic (exact) mass is 161 g/mol. The van der Waals surface area contributed by atoms with Crippen molar-refractivity contribution in [3.05, 3.63) is 0 Å². The molecule has 0 saturated heterocycles. The zero-order valence-corrected chi connectivity index (χ0v) is 7.91. The maximum atomic E-state index is 12.2. The number of alkyl halides is 1. The predicted octanol–water partition coefficient (Wildman–Crippen LogP) is 2.51. The summed E-state index contributed by atoms with van der Waals surface area (Å²) in [6.07, 6.45) is 3.24. The van der Waals surface area contributed by atoms with E-state index in [1.165, 1.54) is 6.42 Å². The van der Waals surface area contributed by atoms with Crippen LogP contribution in [0.5, 0.6) is 0 Å². The van der Waals surface area contributed by atoms with E-state index in [9.17, 15) is 4.39 Å². The minimum Gasteiger partial charge on any atom is -0.309 e. The topological polar surface area (TPSA) is 12.0 Å². The van der Waals surface area contributed by atoms with Gasteiger partial charge in [0.1, 0.15) is 6.67 Å². The minimum absolute atomic E-state index is 0.102. The van der Waals surface area contributed by atoms with E-state index in [1.54, 1.807) is 0 Å². The van der Waals surface area contributed by atoms with Gasteiger partial charge in [-0.3, -0.25) is 0 Å². The van der Waals surface area contributed by atoms with Crippen molar-refractivity contribution in [2.45, 2.75) is 45.6 Å². The average molecular weight is 161 g/mol. The van der Waals surface area contributed by atoms with Crippen LogP contribution in [0.2, 0.25) is 0 Å². The standard InChI is InChI=1S/C7H14FN.C2H6/c1-2-9-7(6-8)4-3-5-7;1-2/h9H,2-6H2,1H3;1-2H3. The van der Waals surface area contributed by atoms with Gasteiger partial charge in [-0.05, 0) is 25.8 Å². The van der Waals surface area contributed by atoms with Crippen molar-refractivity contribution < 1.29 is 4.39 Å². The van der Waals surface area contributed by atoms with Gasteiger partial charge in [0.15, 0.2) is 0 Å². The lowest BCUT2D eigenvalue weighted by Crippen LogP contribution is -2.52. The van der Waals surface area contributed by atoms with E-state index >= 15 is 0 Å². The molecule has 0 amide bonds. The molecule has 1 aliphatic carbocycles. The highest BCUT2D eigenvalue weighted by atomic mass is 19.1. The van der Waals surface area contributed by atoms with Gasteiger partial charge in [-0.15, -0.1) is 0 Å². The molecular formula is C9H20FN. The number of hydrogen-bond donors (Lipinski definition) is 1. The van der Waals surface area contributed by atoms with Crippen LogP contribution < -0.4 is 5.32 Å². The Morgan fingerprint density at radius 3 is 2.00 bits per heavy atom. The molecule has 68 valence electrons. The van der Waals surface area contributed by atoms with Crippen molar-refractivity contribution in [2.75, 3.05) is 13.2 Å². The molecule has 0 spiro atoms. The Balaban J connectivity index is 0.000000461. The largest absolute Gasteiger partial charge is 0.309 e. The van der Waals surface area contributed by atoms with Crippen molar-refractivity contribution in [1.82, 2.24) is 5.32 Å². The van der Waals surface area contributed by atoms with Crippen LogP contribution in [0.3, 0.4) is 0 Å². The first-order valence-electron chi connectivity index (χ1n) is 4.64. The van der Waals surface area contributed by atoms with Crippen molar-refractivity contribution in [1.29, 1.82) is 0 Å². The third-order valence-corrected chi connectivity index (χ3v) is 2.12. The summed E-state index contributed by atoms with van der Waals surface area (Å²) < 4.78 is 12.2. The number of nitrogens with one attached hydrogen (secondary N) is 1. The molecular weight excluding hydrogens is 141 g/mol. The second-order valence-corrected chi connectivity index (χ2v) is 2.80. The quantitative estimate of drug-likeness (QED) is 0.670. The predicted molar refractivity (Wildman–Crippen MR) is 47.6 cm³/mol. The maximum Gasteiger partial charge on any atom is 0.108 e. The van der Waals surface area contributed by atoms with Gasteiger partial charge in [0.2, 0.25) is 0 Å². The van der Waals surface area contributed by atoms with Crippen LogP contribution in [0, 0.1) is 0 Å². The molecule has 0 aliphatic heterocycles. The van der Waals surface area contributed by atoms with E-state index in [0.717, 1.165) is 19.4 Å². The summed E-state index contributed by atoms with van der Waals surface area (Å²) in [4.78, 5) is 0. The van der Waals surface area contributed by atoms with E-state index in [2.05, 4.69) is 5.32 Å². The third kappa shape index (κ3) is 2.78. The van der Waals surface area contributed by atoms with E-state index in [-0.39, 0.29) is 12.2 Å². The Morgan fingerprint density at radius 1 is 1.36 bits per heavy atom. The first-order valence-corrected chi connectivity index (χ1v) is 4.64. The number of hydrogen-bond acceptors (Lipinski definition) is 1. The molecule has 1 fully saturated rings. The summed E-state index contributed by atoms with van der Waals surface area (Å²) in [6.45, 7) is 6.72. The zero-order valence-electron chi connectivity index (χ0n) is 7.91. The molecule has 0 aromatic rings. The summed E-state index contributed by atoms with van der Waals surface area (Å²) in [5.74, 6) is 0. The molecule has 1 aliphatic rings. The summed E-state index contributed by atoms with van der Waals surface area (Å²) in [6, 6.07) is 0. The Bertz CT molecular complexity index is 84.1. The van der Waals surface area contributed by atoms with Crippen LogP contribution in [0.4, 0.5) is 4.39 Å². The second-order valence-electron chi connectivity index (χ2n) is 2.80. The Labute approximate surface area is 69.4 Å². The summed E-state index contributed by atoms with van der Waals surface area (Å²) in [5, 5.41) is 3.17. The molecule has 0 aromatic heterocycles. The van der Waals surface area contributed by atoms with Gasteiger partial charge < -0.3 is 5.32 Å². The first-order chi connectivity index (χ1) is 5.33. The lowest BCUT2D eigenvalue weighted by molar-refractivity contribution is 0.143. The third-order valence-electron chi connectivity index (χ3n) is 2.12. The number of rotatable bonds is 3. The molecule has 0 bridgehead atoms. The lowest BCUT2D eigenvalue weighted by atomic mass is 9.78. The van der Waals surface area contributed by atoms with Gasteiger partial charge >= 0.3 is 0 Å². The van der Waals surface area contributed by atoms with Crippen LogP contribution >= 0.6 is 0 Å². The highest BCUT2D eigenvalue weighted by Gasteiger charge is 2.35. The Kier molecular flexibility index (Phi) is 5.47. The van der Waals surface area contributed by atoms with Crippen molar-refractivity contribution in [3.8, 4) is 0 Å². The van der Waals surface area contributed by atoms with Gasteiger partial charge in [-0.25, -0.2) is 4.39 Å². The van der Waals surface area contributed by atoms with Crippen LogP contribution in [0.1, 0.15) is 40.0 Å². The molecule has 0 radical (unpaired) electrons. The molecule has 1 rings (SSSR count). The van der Waals surface area contributed by atoms with Crippen LogP contribution in [-0.2, 0) is 0 Å². The van der Waals surface area contributed by atoms with Gasteiger partial charge in [0.05, 0.1) is 0 Å². The van der Waals surface area contributed by atoms with Crippen molar-refractivity contribution in [3.63, 3.8) is 0 Å². The molecule has 1 saturated carbocycles. The van der Waals surface area contributed by atoms with Crippen molar-refractivity contribution in [2.24, 2.45) is 0 Å². The van der Waals surface area contributed by atoms with Crippen LogP contribution in [0.15, 0.2) is 0 Å². The molecule has 11 heavy (non-hydrogen) atoms. The van der Waals surface area contributed by atoms with Gasteiger partial charge in [-0.1, -0.05) is 20.8 Å². The van der Waals surface area contributed by atoms with Gasteiger partial charge in [-0.2, -0.15) is 0 Å². The normalized spacial score (nSPS) is 19.6. The highest BCUT2D eigenvalue weighted by molar-refractivity contribution is 4.94. The van der Waals surface area contributed by atoms with E-state index < -0.39 is 0 Å². The number of halogens is 1. The molecule has 2 heteroatoms. The molecule has 0 aromatic carbocycles. The molecule has 0 heterocycles. The van der Waals surface area contributed by atoms with Crippen LogP contribution in [0.25, 0.3) is 0 Å². The van der Waals surface area contributed by atoms with E-state index in [0.29, 0.717) is 0 Å². The van der Waals surface area contributed by atoms with Crippen LogP contribution in [-0.4, -0.2) is 18.8 Å². The smallest absolute Gasteiger partial charge is 0.108 e. The average Bonchev–Trinajstić information content (AvgIpc) is 2.01. The summed E-state index contributed by atoms with van der Waals surface area (Å²) >= 11 is 0. The van der Waals surface area contributed by atoms with Gasteiger partial charge in [0, 0.05) is 5.54 Å². The molecule has 0 unspecified atom stereocenters. The highest BCUT2D eigenvalue weighted by Crippen LogP contribution is 2.31. The molecule has 1 nitrogen and oxygen atoms in total. The molecule has 0 atom stereocenters. The van der Waals surface area contributed by atoms with Gasteiger partial charge in [0.25, 0.3) is 0 Å². The SMILES string of the molecule is CC.CCNC1(CF)CCC1. The Morgan fingerprint density at radius 2 is 1.91 bits per heavy atom. The fraction of sp³-hybridized carbons (Fsp3) is 1.00. The van der Waals surface area contributed by atoms with E-state index in [4.69, 9.17) is 0 Å². The summed E-state index contributed by atoms with van der Waals surface area (Å²) in [7, 11) is 0. The maximum absolute atomic E-state index is 12.2. The Hall–Kier alpha value is -0.110. The van der Waals surface area contributed by atoms with Crippen molar-refractivity contribution >= 4 is 0 Å². The fourth-order valence-corrected chi connectivity index (χ4v) is 1.34. The second kappa shape index (κ2) is 5.53. The lowest BCUT2D eigenvalue weighted by Gasteiger charge is -2.40. The van der Waals surface area contributed by atoms with E-state index in [1.807, 2.05) is 20.8 Å². The fourth-order valence-electron chi connectivity index (χ4n) is 1.34. The summed E-state index contributed by atoms with van der Waals surface area (Å²) in [5.41, 5.74) is -0.102. The molecule has 1 N–H and O–H groups in total. The minimum atomic E-state index is -0.194. The zero-order chi connectivity index (χ0) is 8.74. The first kappa shape index (κ1) is 10.9.